The summed E-state index contributed by atoms with van der Waals surface area (Å²) in [5.41, 5.74) is 2.00. The van der Waals surface area contributed by atoms with Crippen molar-refractivity contribution in [1.82, 2.24) is 4.90 Å². The topological polar surface area (TPSA) is 85.3 Å². The van der Waals surface area contributed by atoms with Crippen LogP contribution in [0.3, 0.4) is 0 Å². The Hall–Kier alpha value is -3.01. The van der Waals surface area contributed by atoms with Crippen LogP contribution in [-0.2, 0) is 27.4 Å². The van der Waals surface area contributed by atoms with Crippen LogP contribution in [0.5, 0.6) is 0 Å². The minimum Gasteiger partial charge on any atom is -0.394 e. The monoisotopic (exact) mass is 519 g/mol. The SMILES string of the molecule is CS[C@@H]1O[C@H](CO)[C@@H](OCc2ccccc2)[C@H](OCc2ccccc2)[C@H]1N1C(=O)c2ccccc2C1=O. The van der Waals surface area contributed by atoms with E-state index in [1.165, 1.54) is 16.7 Å². The molecule has 0 spiro atoms. The van der Waals surface area contributed by atoms with Crippen LogP contribution in [-0.4, -0.2) is 64.5 Å². The second kappa shape index (κ2) is 11.6. The van der Waals surface area contributed by atoms with Gasteiger partial charge in [-0.05, 0) is 29.5 Å². The summed E-state index contributed by atoms with van der Waals surface area (Å²) >= 11 is 1.37. The standard InChI is InChI=1S/C29H29NO6S/c1-37-29-24(30-27(32)21-14-8-9-15-22(21)28(30)33)26(35-18-20-12-6-3-7-13-20)25(23(16-31)36-29)34-17-19-10-4-2-5-11-19/h2-15,23-26,29,31H,16-18H2,1H3/t23-,24-,25-,26-,29+/m1/s1. The number of benzene rings is 3. The molecule has 0 unspecified atom stereocenters. The van der Waals surface area contributed by atoms with Gasteiger partial charge in [0.25, 0.3) is 11.8 Å². The molecule has 5 rings (SSSR count). The van der Waals surface area contributed by atoms with Crippen molar-refractivity contribution in [3.05, 3.63) is 107 Å². The smallest absolute Gasteiger partial charge is 0.262 e. The molecule has 0 aromatic heterocycles. The minimum atomic E-state index is -0.769. The van der Waals surface area contributed by atoms with Crippen LogP contribution in [0.15, 0.2) is 84.9 Å². The lowest BCUT2D eigenvalue weighted by molar-refractivity contribution is -0.219. The van der Waals surface area contributed by atoms with Gasteiger partial charge in [0.15, 0.2) is 0 Å². The molecule has 2 aliphatic heterocycles. The lowest BCUT2D eigenvalue weighted by atomic mass is 9.95. The average molecular weight is 520 g/mol. The number of fused-ring (bicyclic) bond motifs is 1. The molecule has 2 heterocycles. The molecule has 1 saturated heterocycles. The zero-order valence-electron chi connectivity index (χ0n) is 20.4. The number of thioether (sulfide) groups is 1. The molecular formula is C29H29NO6S. The molecule has 3 aromatic carbocycles. The van der Waals surface area contributed by atoms with Gasteiger partial charge >= 0.3 is 0 Å². The summed E-state index contributed by atoms with van der Waals surface area (Å²) in [6.45, 7) is 0.210. The molecular weight excluding hydrogens is 490 g/mol. The van der Waals surface area contributed by atoms with Crippen LogP contribution in [0.1, 0.15) is 31.8 Å². The molecule has 0 bridgehead atoms. The highest BCUT2D eigenvalue weighted by atomic mass is 32.2. The van der Waals surface area contributed by atoms with Crippen LogP contribution in [0.2, 0.25) is 0 Å². The van der Waals surface area contributed by atoms with Crippen molar-refractivity contribution < 1.29 is 28.9 Å². The number of hydrogen-bond acceptors (Lipinski definition) is 7. The highest BCUT2D eigenvalue weighted by molar-refractivity contribution is 7.99. The number of aliphatic hydroxyl groups is 1. The third kappa shape index (κ3) is 5.21. The first-order valence-electron chi connectivity index (χ1n) is 12.2. The maximum Gasteiger partial charge on any atom is 0.262 e. The fourth-order valence-electron chi connectivity index (χ4n) is 4.91. The van der Waals surface area contributed by atoms with Crippen molar-refractivity contribution in [1.29, 1.82) is 0 Å². The molecule has 37 heavy (non-hydrogen) atoms. The second-order valence-corrected chi connectivity index (χ2v) is 9.94. The van der Waals surface area contributed by atoms with E-state index in [0.29, 0.717) is 11.1 Å². The van der Waals surface area contributed by atoms with E-state index in [0.717, 1.165) is 11.1 Å². The normalized spacial score (nSPS) is 25.4. The van der Waals surface area contributed by atoms with Crippen LogP contribution in [0.25, 0.3) is 0 Å². The second-order valence-electron chi connectivity index (χ2n) is 9.00. The van der Waals surface area contributed by atoms with Gasteiger partial charge in [0, 0.05) is 0 Å². The Morgan fingerprint density at radius 2 is 1.27 bits per heavy atom. The number of carbonyl (C=O) groups excluding carboxylic acids is 2. The van der Waals surface area contributed by atoms with E-state index in [1.54, 1.807) is 24.3 Å². The van der Waals surface area contributed by atoms with Crippen LogP contribution in [0.4, 0.5) is 0 Å². The number of nitrogens with zero attached hydrogens (tertiary/aromatic N) is 1. The fraction of sp³-hybridized carbons (Fsp3) is 0.310. The number of amides is 2. The molecule has 1 fully saturated rings. The maximum absolute atomic E-state index is 13.5. The lowest BCUT2D eigenvalue weighted by Gasteiger charge is -2.48. The first-order valence-corrected chi connectivity index (χ1v) is 13.5. The molecule has 3 aromatic rings. The summed E-state index contributed by atoms with van der Waals surface area (Å²) in [4.78, 5) is 28.3. The van der Waals surface area contributed by atoms with E-state index in [4.69, 9.17) is 14.2 Å². The molecule has 0 radical (unpaired) electrons. The van der Waals surface area contributed by atoms with Gasteiger partial charge in [-0.2, -0.15) is 0 Å². The van der Waals surface area contributed by atoms with E-state index in [-0.39, 0.29) is 31.6 Å². The molecule has 7 nitrogen and oxygen atoms in total. The Labute approximate surface area is 220 Å². The molecule has 5 atom stereocenters. The fourth-order valence-corrected chi connectivity index (χ4v) is 5.72. The highest BCUT2D eigenvalue weighted by Crippen LogP contribution is 2.38. The van der Waals surface area contributed by atoms with E-state index >= 15 is 0 Å². The van der Waals surface area contributed by atoms with Gasteiger partial charge in [-0.1, -0.05) is 72.8 Å². The number of rotatable bonds is 9. The third-order valence-corrected chi connectivity index (χ3v) is 7.58. The van der Waals surface area contributed by atoms with Crippen molar-refractivity contribution in [2.24, 2.45) is 0 Å². The van der Waals surface area contributed by atoms with E-state index in [1.807, 2.05) is 66.9 Å². The molecule has 0 aliphatic carbocycles. The van der Waals surface area contributed by atoms with Gasteiger partial charge < -0.3 is 19.3 Å². The summed E-state index contributed by atoms with van der Waals surface area (Å²) in [6, 6.07) is 25.4. The zero-order chi connectivity index (χ0) is 25.8. The molecule has 0 saturated carbocycles. The Morgan fingerprint density at radius 1 is 0.784 bits per heavy atom. The molecule has 2 amide bonds. The zero-order valence-corrected chi connectivity index (χ0v) is 21.3. The van der Waals surface area contributed by atoms with Crippen molar-refractivity contribution >= 4 is 23.6 Å². The summed E-state index contributed by atoms with van der Waals surface area (Å²) in [5.74, 6) is -0.767. The van der Waals surface area contributed by atoms with Crippen LogP contribution < -0.4 is 0 Å². The van der Waals surface area contributed by atoms with E-state index in [2.05, 4.69) is 0 Å². The summed E-state index contributed by atoms with van der Waals surface area (Å²) < 4.78 is 19.1. The van der Waals surface area contributed by atoms with Gasteiger partial charge in [0.2, 0.25) is 0 Å². The van der Waals surface area contributed by atoms with Crippen LogP contribution >= 0.6 is 11.8 Å². The summed E-state index contributed by atoms with van der Waals surface area (Å²) in [7, 11) is 0. The van der Waals surface area contributed by atoms with Gasteiger partial charge in [-0.3, -0.25) is 14.5 Å². The predicted molar refractivity (Wildman–Crippen MR) is 140 cm³/mol. The van der Waals surface area contributed by atoms with Crippen LogP contribution in [0, 0.1) is 0 Å². The predicted octanol–water partition coefficient (Wildman–Crippen LogP) is 3.90. The van der Waals surface area contributed by atoms with Crippen molar-refractivity contribution in [3.8, 4) is 0 Å². The maximum atomic E-state index is 13.5. The Kier molecular flexibility index (Phi) is 8.02. The van der Waals surface area contributed by atoms with Gasteiger partial charge in [-0.15, -0.1) is 11.8 Å². The Balaban J connectivity index is 1.51. The van der Waals surface area contributed by atoms with Gasteiger partial charge in [-0.25, -0.2) is 0 Å². The Bertz CT molecular complexity index is 1190. The number of hydrogen-bond donors (Lipinski definition) is 1. The van der Waals surface area contributed by atoms with Crippen molar-refractivity contribution in [3.63, 3.8) is 0 Å². The largest absolute Gasteiger partial charge is 0.394 e. The van der Waals surface area contributed by atoms with Gasteiger partial charge in [0.05, 0.1) is 30.9 Å². The molecule has 1 N–H and O–H groups in total. The van der Waals surface area contributed by atoms with Crippen molar-refractivity contribution in [2.45, 2.75) is 43.0 Å². The number of carbonyl (C=O) groups is 2. The first-order chi connectivity index (χ1) is 18.1. The quantitative estimate of drug-likeness (QED) is 0.429. The third-order valence-electron chi connectivity index (χ3n) is 6.72. The van der Waals surface area contributed by atoms with E-state index in [9.17, 15) is 14.7 Å². The number of imide groups is 1. The molecule has 8 heteroatoms. The number of aliphatic hydroxyl groups excluding tert-OH is 1. The molecule has 192 valence electrons. The summed E-state index contributed by atoms with van der Waals surface area (Å²) in [5, 5.41) is 10.3. The average Bonchev–Trinajstić information content (AvgIpc) is 3.20. The highest BCUT2D eigenvalue weighted by Gasteiger charge is 2.54. The summed E-state index contributed by atoms with van der Waals surface area (Å²) in [6.07, 6.45) is -0.321. The minimum absolute atomic E-state index is 0.246. The lowest BCUT2D eigenvalue weighted by Crippen LogP contribution is -2.65. The first kappa shape index (κ1) is 25.6. The van der Waals surface area contributed by atoms with Crippen molar-refractivity contribution in [2.75, 3.05) is 12.9 Å². The van der Waals surface area contributed by atoms with E-state index < -0.39 is 29.8 Å². The van der Waals surface area contributed by atoms with Gasteiger partial charge in [0.1, 0.15) is 29.8 Å². The molecule has 2 aliphatic rings. The Morgan fingerprint density at radius 3 is 1.76 bits per heavy atom. The number of ether oxygens (including phenoxy) is 3.